The number of rotatable bonds is 6. The minimum Gasteiger partial charge on any atom is -0.444 e. The summed E-state index contributed by atoms with van der Waals surface area (Å²) < 4.78 is 18.8. The molecule has 0 saturated heterocycles. The van der Waals surface area contributed by atoms with Crippen molar-refractivity contribution in [1.82, 2.24) is 4.90 Å². The van der Waals surface area contributed by atoms with E-state index in [1.54, 1.807) is 17.0 Å². The molecule has 5 heteroatoms. The molecule has 1 aliphatic carbocycles. The first-order valence-corrected chi connectivity index (χ1v) is 9.70. The number of carbonyl (C=O) groups excluding carboxylic acids is 1. The number of amides is 1. The van der Waals surface area contributed by atoms with E-state index in [0.717, 1.165) is 23.1 Å². The van der Waals surface area contributed by atoms with Crippen molar-refractivity contribution in [1.29, 1.82) is 0 Å². The second-order valence-electron chi connectivity index (χ2n) is 8.36. The zero-order valence-electron chi connectivity index (χ0n) is 16.7. The molecule has 2 aromatic rings. The molecule has 0 radical (unpaired) electrons. The van der Waals surface area contributed by atoms with Crippen LogP contribution in [0.2, 0.25) is 0 Å². The normalized spacial score (nSPS) is 18.6. The van der Waals surface area contributed by atoms with Gasteiger partial charge in [0.2, 0.25) is 0 Å². The molecule has 0 bridgehead atoms. The van der Waals surface area contributed by atoms with Crippen LogP contribution in [-0.4, -0.2) is 34.3 Å². The Morgan fingerprint density at radius 3 is 2.29 bits per heavy atom. The standard InChI is InChI=1S/C23H28FNO3/c1-23(2,3)28-22(27)25(15-17-6-4-16(5-7-17)12-13-26)21-14-20(21)18-8-10-19(24)11-9-18/h4-11,20-21,26H,12-15H2,1-3H3/t20-,21+/m0/s1. The highest BCUT2D eigenvalue weighted by atomic mass is 19.1. The van der Waals surface area contributed by atoms with E-state index in [0.29, 0.717) is 13.0 Å². The molecule has 3 rings (SSSR count). The van der Waals surface area contributed by atoms with E-state index in [-0.39, 0.29) is 30.5 Å². The fourth-order valence-electron chi connectivity index (χ4n) is 3.37. The van der Waals surface area contributed by atoms with E-state index in [1.807, 2.05) is 45.0 Å². The Balaban J connectivity index is 1.76. The maximum Gasteiger partial charge on any atom is 0.410 e. The molecule has 0 aromatic heterocycles. The average molecular weight is 385 g/mol. The van der Waals surface area contributed by atoms with Gasteiger partial charge in [-0.15, -0.1) is 0 Å². The summed E-state index contributed by atoms with van der Waals surface area (Å²) in [7, 11) is 0. The van der Waals surface area contributed by atoms with Crippen LogP contribution in [-0.2, 0) is 17.7 Å². The van der Waals surface area contributed by atoms with Crippen molar-refractivity contribution >= 4 is 6.09 Å². The van der Waals surface area contributed by atoms with Gasteiger partial charge in [0.1, 0.15) is 11.4 Å². The van der Waals surface area contributed by atoms with Crippen LogP contribution < -0.4 is 0 Å². The smallest absolute Gasteiger partial charge is 0.410 e. The van der Waals surface area contributed by atoms with Crippen molar-refractivity contribution in [3.05, 3.63) is 71.0 Å². The molecular weight excluding hydrogens is 357 g/mol. The first kappa shape index (κ1) is 20.3. The number of nitrogens with zero attached hydrogens (tertiary/aromatic N) is 1. The quantitative estimate of drug-likeness (QED) is 0.787. The monoisotopic (exact) mass is 385 g/mol. The number of hydrogen-bond donors (Lipinski definition) is 1. The van der Waals surface area contributed by atoms with E-state index in [1.165, 1.54) is 12.1 Å². The van der Waals surface area contributed by atoms with Crippen molar-refractivity contribution < 1.29 is 19.0 Å². The highest BCUT2D eigenvalue weighted by molar-refractivity contribution is 5.69. The summed E-state index contributed by atoms with van der Waals surface area (Å²) in [6.07, 6.45) is 1.13. The maximum absolute atomic E-state index is 13.2. The number of aliphatic hydroxyl groups is 1. The van der Waals surface area contributed by atoms with Crippen LogP contribution in [0.25, 0.3) is 0 Å². The van der Waals surface area contributed by atoms with Gasteiger partial charge in [-0.3, -0.25) is 0 Å². The SMILES string of the molecule is CC(C)(C)OC(=O)N(Cc1ccc(CCO)cc1)[C@@H]1C[C@H]1c1ccc(F)cc1. The second kappa shape index (κ2) is 8.31. The van der Waals surface area contributed by atoms with Crippen LogP contribution >= 0.6 is 0 Å². The lowest BCUT2D eigenvalue weighted by molar-refractivity contribution is 0.0212. The summed E-state index contributed by atoms with van der Waals surface area (Å²) in [4.78, 5) is 14.6. The molecule has 1 amide bonds. The number of ether oxygens (including phenoxy) is 1. The van der Waals surface area contributed by atoms with Gasteiger partial charge in [0.05, 0.1) is 0 Å². The third kappa shape index (κ3) is 5.32. The second-order valence-corrected chi connectivity index (χ2v) is 8.36. The summed E-state index contributed by atoms with van der Waals surface area (Å²) in [5.74, 6) is -0.0605. The number of halogens is 1. The molecule has 1 aliphatic rings. The number of hydrogen-bond acceptors (Lipinski definition) is 3. The van der Waals surface area contributed by atoms with Crippen molar-refractivity contribution in [2.45, 2.75) is 57.7 Å². The third-order valence-corrected chi connectivity index (χ3v) is 4.86. The van der Waals surface area contributed by atoms with Crippen LogP contribution in [0.1, 0.15) is 49.8 Å². The molecule has 0 spiro atoms. The van der Waals surface area contributed by atoms with Gasteiger partial charge in [0.15, 0.2) is 0 Å². The van der Waals surface area contributed by atoms with Crippen LogP contribution in [0.3, 0.4) is 0 Å². The van der Waals surface area contributed by atoms with Gasteiger partial charge in [-0.25, -0.2) is 9.18 Å². The van der Waals surface area contributed by atoms with Gasteiger partial charge >= 0.3 is 6.09 Å². The van der Waals surface area contributed by atoms with Crippen LogP contribution in [0.15, 0.2) is 48.5 Å². The van der Waals surface area contributed by atoms with E-state index in [4.69, 9.17) is 9.84 Å². The zero-order valence-corrected chi connectivity index (χ0v) is 16.7. The van der Waals surface area contributed by atoms with Crippen LogP contribution in [0, 0.1) is 5.82 Å². The molecular formula is C23H28FNO3. The number of benzene rings is 2. The lowest BCUT2D eigenvalue weighted by Crippen LogP contribution is -2.38. The highest BCUT2D eigenvalue weighted by Crippen LogP contribution is 2.45. The summed E-state index contributed by atoms with van der Waals surface area (Å²) in [5.41, 5.74) is 2.54. The van der Waals surface area contributed by atoms with Gasteiger partial charge in [-0.05, 0) is 62.4 Å². The van der Waals surface area contributed by atoms with Gasteiger partial charge < -0.3 is 14.7 Å². The third-order valence-electron chi connectivity index (χ3n) is 4.86. The minimum absolute atomic E-state index is 0.0393. The fraction of sp³-hybridized carbons (Fsp3) is 0.435. The van der Waals surface area contributed by atoms with Gasteiger partial charge in [0, 0.05) is 25.1 Å². The Hall–Kier alpha value is -2.40. The Bertz CT molecular complexity index is 796. The van der Waals surface area contributed by atoms with Crippen LogP contribution in [0.5, 0.6) is 0 Å². The van der Waals surface area contributed by atoms with E-state index < -0.39 is 5.60 Å². The van der Waals surface area contributed by atoms with Gasteiger partial charge in [0.25, 0.3) is 0 Å². The van der Waals surface area contributed by atoms with E-state index in [9.17, 15) is 9.18 Å². The molecule has 1 saturated carbocycles. The molecule has 4 nitrogen and oxygen atoms in total. The lowest BCUT2D eigenvalue weighted by Gasteiger charge is -2.28. The summed E-state index contributed by atoms with van der Waals surface area (Å²) in [5, 5.41) is 9.06. The first-order chi connectivity index (χ1) is 13.3. The maximum atomic E-state index is 13.2. The molecule has 0 aliphatic heterocycles. The molecule has 0 unspecified atom stereocenters. The van der Waals surface area contributed by atoms with Crippen LogP contribution in [0.4, 0.5) is 9.18 Å². The van der Waals surface area contributed by atoms with E-state index in [2.05, 4.69) is 0 Å². The van der Waals surface area contributed by atoms with Gasteiger partial charge in [-0.2, -0.15) is 0 Å². The zero-order chi connectivity index (χ0) is 20.3. The molecule has 28 heavy (non-hydrogen) atoms. The largest absolute Gasteiger partial charge is 0.444 e. The fourth-order valence-corrected chi connectivity index (χ4v) is 3.37. The Labute approximate surface area is 165 Å². The summed E-state index contributed by atoms with van der Waals surface area (Å²) >= 11 is 0. The topological polar surface area (TPSA) is 49.8 Å². The first-order valence-electron chi connectivity index (χ1n) is 9.70. The molecule has 1 N–H and O–H groups in total. The minimum atomic E-state index is -0.569. The molecule has 1 fully saturated rings. The van der Waals surface area contributed by atoms with E-state index >= 15 is 0 Å². The molecule has 0 heterocycles. The predicted molar refractivity (Wildman–Crippen MR) is 107 cm³/mol. The Morgan fingerprint density at radius 1 is 1.11 bits per heavy atom. The predicted octanol–water partition coefficient (Wildman–Crippen LogP) is 4.65. The number of carbonyl (C=O) groups is 1. The number of aliphatic hydroxyl groups excluding tert-OH is 1. The molecule has 2 aromatic carbocycles. The van der Waals surface area contributed by atoms with Gasteiger partial charge in [-0.1, -0.05) is 36.4 Å². The molecule has 150 valence electrons. The Kier molecular flexibility index (Phi) is 6.04. The Morgan fingerprint density at radius 2 is 1.71 bits per heavy atom. The average Bonchev–Trinajstić information content (AvgIpc) is 3.41. The van der Waals surface area contributed by atoms with Crippen molar-refractivity contribution in [2.75, 3.05) is 6.61 Å². The van der Waals surface area contributed by atoms with Crippen molar-refractivity contribution in [3.8, 4) is 0 Å². The lowest BCUT2D eigenvalue weighted by atomic mass is 10.1. The summed E-state index contributed by atoms with van der Waals surface area (Å²) in [6.45, 7) is 6.15. The molecule has 2 atom stereocenters. The van der Waals surface area contributed by atoms with Crippen molar-refractivity contribution in [3.63, 3.8) is 0 Å². The highest BCUT2D eigenvalue weighted by Gasteiger charge is 2.46. The van der Waals surface area contributed by atoms with Crippen molar-refractivity contribution in [2.24, 2.45) is 0 Å². The summed E-state index contributed by atoms with van der Waals surface area (Å²) in [6, 6.07) is 14.5.